The van der Waals surface area contributed by atoms with Crippen LogP contribution in [-0.4, -0.2) is 48.5 Å². The lowest BCUT2D eigenvalue weighted by atomic mass is 10.1. The number of aliphatic hydroxyl groups excluding tert-OH is 2. The fourth-order valence-electron chi connectivity index (χ4n) is 3.77. The molecule has 6 N–H and O–H groups in total. The van der Waals surface area contributed by atoms with E-state index in [0.717, 1.165) is 0 Å². The molecule has 1 aliphatic rings. The predicted molar refractivity (Wildman–Crippen MR) is 110 cm³/mol. The van der Waals surface area contributed by atoms with Gasteiger partial charge in [-0.15, -0.1) is 0 Å². The second kappa shape index (κ2) is 7.19. The number of nitrogens with zero attached hydrogens (tertiary/aromatic N) is 4. The lowest BCUT2D eigenvalue weighted by Crippen LogP contribution is -2.27. The summed E-state index contributed by atoms with van der Waals surface area (Å²) in [5.41, 5.74) is 7.03. The molecule has 0 aliphatic carbocycles. The molecule has 1 fully saturated rings. The Kier molecular flexibility index (Phi) is 4.46. The molecule has 1 aromatic carbocycles. The number of aromatic amines is 1. The molecule has 4 heterocycles. The smallest absolute Gasteiger partial charge is 0.280 e. The molecule has 5 rings (SSSR count). The molecular formula is C19H19N7O5. The van der Waals surface area contributed by atoms with Crippen LogP contribution >= 0.6 is 0 Å². The van der Waals surface area contributed by atoms with Crippen LogP contribution in [0.3, 0.4) is 0 Å². The maximum atomic E-state index is 12.5. The van der Waals surface area contributed by atoms with Gasteiger partial charge in [0.25, 0.3) is 5.56 Å². The number of nitrogens with two attached hydrogens (primary N) is 1. The van der Waals surface area contributed by atoms with Gasteiger partial charge in [-0.2, -0.15) is 9.71 Å². The van der Waals surface area contributed by atoms with Crippen LogP contribution in [0.15, 0.2) is 41.6 Å². The predicted octanol–water partition coefficient (Wildman–Crippen LogP) is -0.127. The van der Waals surface area contributed by atoms with Crippen molar-refractivity contribution in [2.45, 2.75) is 24.9 Å². The highest BCUT2D eigenvalue weighted by Crippen LogP contribution is 2.31. The van der Waals surface area contributed by atoms with Crippen LogP contribution in [0, 0.1) is 5.21 Å². The Balaban J connectivity index is 1.55. The fourth-order valence-corrected chi connectivity index (χ4v) is 3.77. The van der Waals surface area contributed by atoms with Gasteiger partial charge in [-0.1, -0.05) is 12.1 Å². The lowest BCUT2D eigenvalue weighted by molar-refractivity contribution is -0.576. The van der Waals surface area contributed by atoms with E-state index in [1.165, 1.54) is 17.1 Å². The van der Waals surface area contributed by atoms with E-state index in [2.05, 4.69) is 20.3 Å². The summed E-state index contributed by atoms with van der Waals surface area (Å²) in [7, 11) is 0. The highest BCUT2D eigenvalue weighted by atomic mass is 16.5. The van der Waals surface area contributed by atoms with Gasteiger partial charge in [0.15, 0.2) is 11.2 Å². The Hall–Kier alpha value is -3.74. The topological polar surface area (TPSA) is 178 Å². The summed E-state index contributed by atoms with van der Waals surface area (Å²) in [6.45, 7) is -0.332. The molecule has 0 amide bonds. The summed E-state index contributed by atoms with van der Waals surface area (Å²) < 4.78 is 7.84. The second-order valence-corrected chi connectivity index (χ2v) is 7.28. The molecule has 0 spiro atoms. The van der Waals surface area contributed by atoms with E-state index in [0.29, 0.717) is 21.3 Å². The number of benzene rings is 1. The summed E-state index contributed by atoms with van der Waals surface area (Å²) in [6.07, 6.45) is 0.644. The number of hydrogen-bond donors (Lipinski definition) is 5. The minimum Gasteiger partial charge on any atom is -0.618 e. The number of fused-ring (bicyclic) bond motifs is 2. The molecule has 4 aromatic rings. The van der Waals surface area contributed by atoms with Crippen LogP contribution < -0.4 is 21.3 Å². The minimum atomic E-state index is -0.850. The second-order valence-electron chi connectivity index (χ2n) is 7.28. The summed E-state index contributed by atoms with van der Waals surface area (Å²) in [5, 5.41) is 35.1. The number of aromatic nitrogens is 5. The minimum absolute atomic E-state index is 0.0542. The molecule has 31 heavy (non-hydrogen) atoms. The standard InChI is InChI=1S/C19H19N7O5/c20-15-9-3-1-2-4-11(9)26(30)6-10(15)22-19-23-17-16(18(29)24-19)21-8-25(17)14-5-12(28)13(7-27)31-14/h1-4,6,8,12-14,27-28H,5,7,20H2,(H2,22,23,24,29)/t12-,13+,14+/m0/s1. The van der Waals surface area contributed by atoms with E-state index in [9.17, 15) is 20.2 Å². The molecule has 0 saturated carbocycles. The van der Waals surface area contributed by atoms with Gasteiger partial charge in [-0.25, -0.2) is 4.98 Å². The number of aliphatic hydroxyl groups is 2. The van der Waals surface area contributed by atoms with E-state index in [-0.39, 0.29) is 35.8 Å². The van der Waals surface area contributed by atoms with Crippen molar-refractivity contribution >= 4 is 39.4 Å². The van der Waals surface area contributed by atoms with Crippen molar-refractivity contribution < 1.29 is 19.7 Å². The van der Waals surface area contributed by atoms with Gasteiger partial charge in [0.2, 0.25) is 17.7 Å². The molecule has 3 atom stereocenters. The molecule has 1 aliphatic heterocycles. The van der Waals surface area contributed by atoms with Crippen molar-refractivity contribution in [1.29, 1.82) is 0 Å². The van der Waals surface area contributed by atoms with Crippen LogP contribution in [0.4, 0.5) is 17.3 Å². The zero-order valence-electron chi connectivity index (χ0n) is 16.1. The van der Waals surface area contributed by atoms with Crippen molar-refractivity contribution in [2.24, 2.45) is 0 Å². The van der Waals surface area contributed by atoms with Crippen LogP contribution in [0.1, 0.15) is 12.6 Å². The van der Waals surface area contributed by atoms with Gasteiger partial charge in [0.05, 0.1) is 30.1 Å². The first kappa shape index (κ1) is 19.2. The number of H-pyrrole nitrogens is 1. The largest absolute Gasteiger partial charge is 0.618 e. The third-order valence-electron chi connectivity index (χ3n) is 5.35. The molecule has 12 heteroatoms. The van der Waals surface area contributed by atoms with Crippen LogP contribution in [0.25, 0.3) is 22.1 Å². The first-order valence-electron chi connectivity index (χ1n) is 9.55. The number of pyridine rings is 1. The van der Waals surface area contributed by atoms with Crippen LogP contribution in [-0.2, 0) is 4.74 Å². The van der Waals surface area contributed by atoms with Crippen molar-refractivity contribution in [1.82, 2.24) is 19.5 Å². The molecule has 12 nitrogen and oxygen atoms in total. The number of imidazole rings is 1. The number of para-hydroxylation sites is 1. The van der Waals surface area contributed by atoms with E-state index in [1.807, 2.05) is 0 Å². The SMILES string of the molecule is Nc1c(Nc2nc3c(ncn3[C@H]3C[C@H](O)[C@@H](CO)O3)c(=O)[nH]2)c[n+]([O-])c2ccccc12. The monoisotopic (exact) mass is 425 g/mol. The Morgan fingerprint density at radius 1 is 1.42 bits per heavy atom. The molecule has 0 unspecified atom stereocenters. The first-order chi connectivity index (χ1) is 15.0. The number of ether oxygens (including phenoxy) is 1. The maximum Gasteiger partial charge on any atom is 0.280 e. The van der Waals surface area contributed by atoms with Crippen LogP contribution in [0.5, 0.6) is 0 Å². The average Bonchev–Trinajstić information content (AvgIpc) is 3.35. The first-order valence-corrected chi connectivity index (χ1v) is 9.55. The zero-order chi connectivity index (χ0) is 21.7. The average molecular weight is 425 g/mol. The van der Waals surface area contributed by atoms with Gasteiger partial charge < -0.3 is 31.2 Å². The van der Waals surface area contributed by atoms with Crippen molar-refractivity contribution in [3.63, 3.8) is 0 Å². The molecule has 160 valence electrons. The van der Waals surface area contributed by atoms with Crippen molar-refractivity contribution in [2.75, 3.05) is 17.7 Å². The third kappa shape index (κ3) is 3.13. The molecule has 0 radical (unpaired) electrons. The lowest BCUT2D eigenvalue weighted by Gasteiger charge is -2.14. The summed E-state index contributed by atoms with van der Waals surface area (Å²) in [5.74, 6) is 0.0542. The van der Waals surface area contributed by atoms with E-state index < -0.39 is 24.0 Å². The third-order valence-corrected chi connectivity index (χ3v) is 5.35. The highest BCUT2D eigenvalue weighted by molar-refractivity contribution is 5.95. The van der Waals surface area contributed by atoms with Crippen molar-refractivity contribution in [3.8, 4) is 0 Å². The molecule has 3 aromatic heterocycles. The normalized spacial score (nSPS) is 21.2. The fraction of sp³-hybridized carbons (Fsp3) is 0.263. The Labute approximate surface area is 174 Å². The Morgan fingerprint density at radius 2 is 2.23 bits per heavy atom. The summed E-state index contributed by atoms with van der Waals surface area (Å²) >= 11 is 0. The van der Waals surface area contributed by atoms with Gasteiger partial charge >= 0.3 is 0 Å². The molecule has 0 bridgehead atoms. The maximum absolute atomic E-state index is 12.5. The number of hydrogen-bond acceptors (Lipinski definition) is 9. The van der Waals surface area contributed by atoms with E-state index in [4.69, 9.17) is 10.5 Å². The zero-order valence-corrected chi connectivity index (χ0v) is 16.1. The van der Waals surface area contributed by atoms with Gasteiger partial charge in [0, 0.05) is 12.5 Å². The Bertz CT molecular complexity index is 1350. The molecular weight excluding hydrogens is 406 g/mol. The highest BCUT2D eigenvalue weighted by Gasteiger charge is 2.35. The van der Waals surface area contributed by atoms with E-state index >= 15 is 0 Å². The van der Waals surface area contributed by atoms with Gasteiger partial charge in [-0.3, -0.25) is 14.3 Å². The van der Waals surface area contributed by atoms with E-state index in [1.54, 1.807) is 24.3 Å². The van der Waals surface area contributed by atoms with Crippen molar-refractivity contribution in [3.05, 3.63) is 52.4 Å². The number of rotatable bonds is 4. The number of nitrogens with one attached hydrogen (secondary N) is 2. The van der Waals surface area contributed by atoms with Gasteiger partial charge in [-0.05, 0) is 6.07 Å². The van der Waals surface area contributed by atoms with Gasteiger partial charge in [0.1, 0.15) is 18.0 Å². The quantitative estimate of drug-likeness (QED) is 0.220. The number of anilines is 3. The summed E-state index contributed by atoms with van der Waals surface area (Å²) in [4.78, 5) is 23.6. The summed E-state index contributed by atoms with van der Waals surface area (Å²) in [6, 6.07) is 6.88. The van der Waals surface area contributed by atoms with Crippen LogP contribution in [0.2, 0.25) is 0 Å². The Morgan fingerprint density at radius 3 is 3.00 bits per heavy atom. The number of nitrogen functional groups attached to an aromatic ring is 1. The molecule has 1 saturated heterocycles.